The lowest BCUT2D eigenvalue weighted by Crippen LogP contribution is -1.98. The molecule has 0 aliphatic heterocycles. The van der Waals surface area contributed by atoms with Crippen molar-refractivity contribution in [3.63, 3.8) is 0 Å². The minimum atomic E-state index is -0.665. The molecule has 2 aromatic rings. The van der Waals surface area contributed by atoms with Gasteiger partial charge in [-0.15, -0.1) is 6.42 Å². The molecule has 0 aliphatic rings. The van der Waals surface area contributed by atoms with E-state index in [9.17, 15) is 10.1 Å². The molecule has 0 atom stereocenters. The van der Waals surface area contributed by atoms with Gasteiger partial charge in [0.15, 0.2) is 5.76 Å². The SMILES string of the molecule is C#Cc1oc([N+](=O)[O-])cc1-c1cc(C)nc(N)n1. The molecule has 0 saturated heterocycles. The number of nitro groups is 1. The number of nitrogen functional groups attached to an aromatic ring is 1. The maximum absolute atomic E-state index is 10.6. The monoisotopic (exact) mass is 244 g/mol. The number of anilines is 1. The standard InChI is InChI=1S/C11H8N4O3/c1-3-9-7(5-10(18-9)15(16)17)8-4-6(2)13-11(12)14-8/h1,4-5H,2H3,(H2,12,13,14). The molecule has 2 aromatic heterocycles. The van der Waals surface area contributed by atoms with Crippen molar-refractivity contribution in [1.82, 2.24) is 9.97 Å². The van der Waals surface area contributed by atoms with Crippen LogP contribution in [0.3, 0.4) is 0 Å². The topological polar surface area (TPSA) is 108 Å². The maximum Gasteiger partial charge on any atom is 0.434 e. The highest BCUT2D eigenvalue weighted by Crippen LogP contribution is 2.29. The molecule has 0 saturated carbocycles. The van der Waals surface area contributed by atoms with Gasteiger partial charge in [-0.05, 0) is 18.9 Å². The van der Waals surface area contributed by atoms with Gasteiger partial charge >= 0.3 is 5.88 Å². The van der Waals surface area contributed by atoms with Crippen LogP contribution >= 0.6 is 0 Å². The van der Waals surface area contributed by atoms with Crippen LogP contribution in [0.2, 0.25) is 0 Å². The summed E-state index contributed by atoms with van der Waals surface area (Å²) in [5.41, 5.74) is 6.89. The minimum absolute atomic E-state index is 0.0409. The Morgan fingerprint density at radius 1 is 1.50 bits per heavy atom. The summed E-state index contributed by atoms with van der Waals surface area (Å²) in [7, 11) is 0. The quantitative estimate of drug-likeness (QED) is 0.487. The Hall–Kier alpha value is -2.88. The number of nitrogens with zero attached hydrogens (tertiary/aromatic N) is 3. The Morgan fingerprint density at radius 2 is 2.22 bits per heavy atom. The number of hydrogen-bond donors (Lipinski definition) is 1. The normalized spacial score (nSPS) is 10.0. The van der Waals surface area contributed by atoms with E-state index >= 15 is 0 Å². The lowest BCUT2D eigenvalue weighted by Gasteiger charge is -2.00. The van der Waals surface area contributed by atoms with Gasteiger partial charge in [0.25, 0.3) is 0 Å². The summed E-state index contributed by atoms with van der Waals surface area (Å²) in [5, 5.41) is 10.6. The van der Waals surface area contributed by atoms with Crippen molar-refractivity contribution in [1.29, 1.82) is 0 Å². The van der Waals surface area contributed by atoms with Crippen LogP contribution in [-0.2, 0) is 0 Å². The van der Waals surface area contributed by atoms with Crippen LogP contribution in [-0.4, -0.2) is 14.9 Å². The van der Waals surface area contributed by atoms with Gasteiger partial charge in [0.1, 0.15) is 4.92 Å². The maximum atomic E-state index is 10.6. The Labute approximate surface area is 102 Å². The summed E-state index contributed by atoms with van der Waals surface area (Å²) < 4.78 is 4.92. The van der Waals surface area contributed by atoms with E-state index in [1.807, 2.05) is 0 Å². The average molecular weight is 244 g/mol. The molecule has 2 heterocycles. The first-order valence-electron chi connectivity index (χ1n) is 4.87. The molecule has 0 aromatic carbocycles. The molecular weight excluding hydrogens is 236 g/mol. The third kappa shape index (κ3) is 1.99. The summed E-state index contributed by atoms with van der Waals surface area (Å²) in [6.07, 6.45) is 5.24. The van der Waals surface area contributed by atoms with E-state index < -0.39 is 10.8 Å². The zero-order valence-corrected chi connectivity index (χ0v) is 9.38. The third-order valence-corrected chi connectivity index (χ3v) is 2.18. The summed E-state index contributed by atoms with van der Waals surface area (Å²) in [6, 6.07) is 2.84. The van der Waals surface area contributed by atoms with Crippen molar-refractivity contribution in [2.45, 2.75) is 6.92 Å². The van der Waals surface area contributed by atoms with Gasteiger partial charge in [0.05, 0.1) is 17.3 Å². The van der Waals surface area contributed by atoms with E-state index in [0.717, 1.165) is 0 Å². The fourth-order valence-corrected chi connectivity index (χ4v) is 1.49. The van der Waals surface area contributed by atoms with Crippen molar-refractivity contribution in [3.05, 3.63) is 33.7 Å². The molecule has 2 N–H and O–H groups in total. The van der Waals surface area contributed by atoms with Gasteiger partial charge in [-0.25, -0.2) is 9.97 Å². The smallest absolute Gasteiger partial charge is 0.391 e. The van der Waals surface area contributed by atoms with Crippen molar-refractivity contribution in [2.75, 3.05) is 5.73 Å². The second-order valence-electron chi connectivity index (χ2n) is 3.48. The number of furan rings is 1. The molecule has 2 rings (SSSR count). The predicted molar refractivity (Wildman–Crippen MR) is 63.5 cm³/mol. The summed E-state index contributed by atoms with van der Waals surface area (Å²) in [6.45, 7) is 1.73. The van der Waals surface area contributed by atoms with Crippen LogP contribution in [0.25, 0.3) is 11.3 Å². The van der Waals surface area contributed by atoms with E-state index in [2.05, 4.69) is 15.9 Å². The van der Waals surface area contributed by atoms with Crippen molar-refractivity contribution in [2.24, 2.45) is 0 Å². The first-order valence-corrected chi connectivity index (χ1v) is 4.87. The molecule has 0 spiro atoms. The molecule has 18 heavy (non-hydrogen) atoms. The van der Waals surface area contributed by atoms with Gasteiger partial charge in [0, 0.05) is 5.69 Å². The van der Waals surface area contributed by atoms with E-state index in [0.29, 0.717) is 17.0 Å². The fraction of sp³-hybridized carbons (Fsp3) is 0.0909. The molecule has 7 nitrogen and oxygen atoms in total. The van der Waals surface area contributed by atoms with E-state index in [-0.39, 0.29) is 11.7 Å². The number of rotatable bonds is 2. The van der Waals surface area contributed by atoms with Crippen LogP contribution in [0, 0.1) is 29.4 Å². The molecule has 0 fully saturated rings. The molecule has 0 radical (unpaired) electrons. The van der Waals surface area contributed by atoms with Crippen LogP contribution < -0.4 is 5.73 Å². The number of aromatic nitrogens is 2. The van der Waals surface area contributed by atoms with E-state index in [1.54, 1.807) is 13.0 Å². The minimum Gasteiger partial charge on any atom is -0.391 e. The molecule has 0 aliphatic carbocycles. The van der Waals surface area contributed by atoms with Crippen molar-refractivity contribution in [3.8, 4) is 23.6 Å². The van der Waals surface area contributed by atoms with Gasteiger partial charge in [-0.3, -0.25) is 10.1 Å². The highest BCUT2D eigenvalue weighted by Gasteiger charge is 2.20. The Balaban J connectivity index is 2.63. The van der Waals surface area contributed by atoms with Gasteiger partial charge in [-0.1, -0.05) is 0 Å². The summed E-state index contributed by atoms with van der Waals surface area (Å²) in [4.78, 5) is 17.9. The lowest BCUT2D eigenvalue weighted by atomic mass is 10.1. The second kappa shape index (κ2) is 4.18. The Kier molecular flexibility index (Phi) is 2.69. The molecule has 0 amide bonds. The molecule has 7 heteroatoms. The second-order valence-corrected chi connectivity index (χ2v) is 3.48. The first kappa shape index (κ1) is 11.6. The molecule has 0 unspecified atom stereocenters. The van der Waals surface area contributed by atoms with Crippen LogP contribution in [0.1, 0.15) is 11.5 Å². The largest absolute Gasteiger partial charge is 0.434 e. The summed E-state index contributed by atoms with van der Waals surface area (Å²) >= 11 is 0. The van der Waals surface area contributed by atoms with Gasteiger partial charge in [0.2, 0.25) is 5.95 Å². The van der Waals surface area contributed by atoms with E-state index in [4.69, 9.17) is 16.6 Å². The summed E-state index contributed by atoms with van der Waals surface area (Å²) in [5.74, 6) is 1.91. The Morgan fingerprint density at radius 3 is 2.78 bits per heavy atom. The predicted octanol–water partition coefficient (Wildman–Crippen LogP) is 1.52. The first-order chi connectivity index (χ1) is 8.51. The van der Waals surface area contributed by atoms with Crippen LogP contribution in [0.5, 0.6) is 0 Å². The van der Waals surface area contributed by atoms with Crippen LogP contribution in [0.15, 0.2) is 16.5 Å². The number of hydrogen-bond acceptors (Lipinski definition) is 6. The lowest BCUT2D eigenvalue weighted by molar-refractivity contribution is -0.402. The van der Waals surface area contributed by atoms with Crippen molar-refractivity contribution >= 4 is 11.8 Å². The van der Waals surface area contributed by atoms with Crippen LogP contribution in [0.4, 0.5) is 11.8 Å². The highest BCUT2D eigenvalue weighted by atomic mass is 16.6. The fourth-order valence-electron chi connectivity index (χ4n) is 1.49. The van der Waals surface area contributed by atoms with E-state index in [1.165, 1.54) is 6.07 Å². The molecular formula is C11H8N4O3. The zero-order chi connectivity index (χ0) is 13.3. The highest BCUT2D eigenvalue weighted by molar-refractivity contribution is 5.68. The Bertz CT molecular complexity index is 649. The number of nitrogens with two attached hydrogens (primary N) is 1. The average Bonchev–Trinajstić information content (AvgIpc) is 2.71. The molecule has 0 bridgehead atoms. The zero-order valence-electron chi connectivity index (χ0n) is 9.38. The van der Waals surface area contributed by atoms with Gasteiger partial charge in [-0.2, -0.15) is 0 Å². The number of aryl methyl sites for hydroxylation is 1. The third-order valence-electron chi connectivity index (χ3n) is 2.18. The molecule has 90 valence electrons. The number of terminal acetylenes is 1. The van der Waals surface area contributed by atoms with Gasteiger partial charge < -0.3 is 10.2 Å². The van der Waals surface area contributed by atoms with Crippen molar-refractivity contribution < 1.29 is 9.34 Å².